The second-order valence-electron chi connectivity index (χ2n) is 4.38. The Morgan fingerprint density at radius 2 is 1.90 bits per heavy atom. The molecule has 0 aromatic heterocycles. The minimum Gasteiger partial charge on any atom is -0.322 e. The second kappa shape index (κ2) is 5.83. The zero-order valence-corrected chi connectivity index (χ0v) is 12.5. The van der Waals surface area contributed by atoms with E-state index in [1.54, 1.807) is 0 Å². The molecule has 0 radical (unpaired) electrons. The number of anilines is 1. The highest BCUT2D eigenvalue weighted by Gasteiger charge is 2.13. The van der Waals surface area contributed by atoms with Crippen LogP contribution in [0.5, 0.6) is 0 Å². The van der Waals surface area contributed by atoms with Gasteiger partial charge in [0, 0.05) is 17.0 Å². The molecule has 1 N–H and O–H groups in total. The first-order valence-corrected chi connectivity index (χ1v) is 8.11. The minimum absolute atomic E-state index is 0.0666. The summed E-state index contributed by atoms with van der Waals surface area (Å²) in [5.74, 6) is -1.44. The van der Waals surface area contributed by atoms with Crippen LogP contribution in [0.25, 0.3) is 0 Å². The molecule has 0 atom stereocenters. The fraction of sp³-hybridized carbons (Fsp3) is 0.0714. The fourth-order valence-electron chi connectivity index (χ4n) is 1.68. The quantitative estimate of drug-likeness (QED) is 0.942. The number of hydrogen-bond donors (Lipinski definition) is 1. The molecule has 0 heterocycles. The molecule has 110 valence electrons. The van der Waals surface area contributed by atoms with Crippen LogP contribution in [0.2, 0.25) is 5.02 Å². The first kappa shape index (κ1) is 15.5. The first-order valence-electron chi connectivity index (χ1n) is 5.84. The van der Waals surface area contributed by atoms with Gasteiger partial charge in [0.2, 0.25) is 0 Å². The largest absolute Gasteiger partial charge is 0.322 e. The number of nitrogens with one attached hydrogen (secondary N) is 1. The Morgan fingerprint density at radius 3 is 2.52 bits per heavy atom. The van der Waals surface area contributed by atoms with Crippen LogP contribution < -0.4 is 5.32 Å². The van der Waals surface area contributed by atoms with Gasteiger partial charge < -0.3 is 5.32 Å². The molecule has 0 saturated carbocycles. The van der Waals surface area contributed by atoms with Crippen LogP contribution in [-0.2, 0) is 9.84 Å². The zero-order chi connectivity index (χ0) is 15.6. The lowest BCUT2D eigenvalue weighted by molar-refractivity contribution is 0.102. The maximum Gasteiger partial charge on any atom is 0.258 e. The van der Waals surface area contributed by atoms with Gasteiger partial charge in [-0.15, -0.1) is 0 Å². The van der Waals surface area contributed by atoms with Gasteiger partial charge in [0.25, 0.3) is 5.91 Å². The molecule has 0 unspecified atom stereocenters. The number of carbonyl (C=O) groups is 1. The number of amides is 1. The van der Waals surface area contributed by atoms with Crippen molar-refractivity contribution in [2.45, 2.75) is 4.90 Å². The van der Waals surface area contributed by atoms with E-state index in [1.807, 2.05) is 0 Å². The van der Waals surface area contributed by atoms with Crippen molar-refractivity contribution in [3.8, 4) is 0 Å². The van der Waals surface area contributed by atoms with E-state index in [-0.39, 0.29) is 21.2 Å². The van der Waals surface area contributed by atoms with E-state index in [0.29, 0.717) is 0 Å². The predicted molar refractivity (Wildman–Crippen MR) is 78.9 cm³/mol. The molecule has 0 aliphatic heterocycles. The van der Waals surface area contributed by atoms with Crippen molar-refractivity contribution in [3.63, 3.8) is 0 Å². The van der Waals surface area contributed by atoms with E-state index >= 15 is 0 Å². The summed E-state index contributed by atoms with van der Waals surface area (Å²) in [4.78, 5) is 12.0. The maximum atomic E-state index is 13.6. The van der Waals surface area contributed by atoms with Gasteiger partial charge in [0.05, 0.1) is 10.5 Å². The highest BCUT2D eigenvalue weighted by Crippen LogP contribution is 2.18. The van der Waals surface area contributed by atoms with E-state index in [2.05, 4.69) is 5.32 Å². The van der Waals surface area contributed by atoms with E-state index in [0.717, 1.165) is 12.3 Å². The molecule has 0 bridgehead atoms. The predicted octanol–water partition coefficient (Wildman–Crippen LogP) is 3.13. The first-order chi connectivity index (χ1) is 9.77. The Balaban J connectivity index is 2.28. The van der Waals surface area contributed by atoms with Crippen LogP contribution in [0, 0.1) is 5.82 Å². The summed E-state index contributed by atoms with van der Waals surface area (Å²) in [7, 11) is -3.38. The molecular formula is C14H11ClFNO3S. The summed E-state index contributed by atoms with van der Waals surface area (Å²) < 4.78 is 36.5. The monoisotopic (exact) mass is 327 g/mol. The van der Waals surface area contributed by atoms with Crippen molar-refractivity contribution in [2.75, 3.05) is 11.6 Å². The van der Waals surface area contributed by atoms with Gasteiger partial charge in [-0.25, -0.2) is 12.8 Å². The molecular weight excluding hydrogens is 317 g/mol. The SMILES string of the molecule is CS(=O)(=O)c1cccc(NC(=O)c2ccc(Cl)cc2F)c1. The number of rotatable bonds is 3. The normalized spacial score (nSPS) is 11.2. The van der Waals surface area contributed by atoms with Crippen molar-refractivity contribution >= 4 is 33.0 Å². The van der Waals surface area contributed by atoms with Gasteiger partial charge in [0.15, 0.2) is 9.84 Å². The van der Waals surface area contributed by atoms with Gasteiger partial charge in [-0.3, -0.25) is 4.79 Å². The molecule has 0 fully saturated rings. The second-order valence-corrected chi connectivity index (χ2v) is 6.83. The van der Waals surface area contributed by atoms with Crippen LogP contribution in [-0.4, -0.2) is 20.6 Å². The molecule has 2 aromatic rings. The van der Waals surface area contributed by atoms with Crippen LogP contribution in [0.4, 0.5) is 10.1 Å². The van der Waals surface area contributed by atoms with Crippen molar-refractivity contribution in [1.82, 2.24) is 0 Å². The van der Waals surface area contributed by atoms with Gasteiger partial charge in [0.1, 0.15) is 5.82 Å². The lowest BCUT2D eigenvalue weighted by Crippen LogP contribution is -2.14. The molecule has 2 rings (SSSR count). The number of sulfone groups is 1. The minimum atomic E-state index is -3.38. The van der Waals surface area contributed by atoms with E-state index in [9.17, 15) is 17.6 Å². The smallest absolute Gasteiger partial charge is 0.258 e. The van der Waals surface area contributed by atoms with Crippen LogP contribution in [0.15, 0.2) is 47.4 Å². The van der Waals surface area contributed by atoms with Gasteiger partial charge in [-0.1, -0.05) is 17.7 Å². The number of carbonyl (C=O) groups excluding carboxylic acids is 1. The summed E-state index contributed by atoms with van der Waals surface area (Å²) in [5, 5.41) is 2.63. The van der Waals surface area contributed by atoms with Crippen LogP contribution in [0.1, 0.15) is 10.4 Å². The third-order valence-electron chi connectivity index (χ3n) is 2.70. The fourth-order valence-corrected chi connectivity index (χ4v) is 2.50. The van der Waals surface area contributed by atoms with Crippen LogP contribution >= 0.6 is 11.6 Å². The summed E-state index contributed by atoms with van der Waals surface area (Å²) in [5.41, 5.74) is 0.0847. The van der Waals surface area contributed by atoms with Crippen molar-refractivity contribution < 1.29 is 17.6 Å². The Kier molecular flexibility index (Phi) is 4.29. The Hall–Kier alpha value is -1.92. The third kappa shape index (κ3) is 3.80. The molecule has 21 heavy (non-hydrogen) atoms. The molecule has 4 nitrogen and oxygen atoms in total. The number of hydrogen-bond acceptors (Lipinski definition) is 3. The average molecular weight is 328 g/mol. The summed E-state index contributed by atoms with van der Waals surface area (Å²) in [6.07, 6.45) is 1.06. The topological polar surface area (TPSA) is 63.2 Å². The van der Waals surface area contributed by atoms with Gasteiger partial charge in [-0.05, 0) is 36.4 Å². The highest BCUT2D eigenvalue weighted by atomic mass is 35.5. The van der Waals surface area contributed by atoms with Gasteiger partial charge >= 0.3 is 0 Å². The molecule has 0 aliphatic carbocycles. The molecule has 2 aromatic carbocycles. The molecule has 0 aliphatic rings. The lowest BCUT2D eigenvalue weighted by Gasteiger charge is -2.07. The van der Waals surface area contributed by atoms with Crippen LogP contribution in [0.3, 0.4) is 0 Å². The third-order valence-corrected chi connectivity index (χ3v) is 4.04. The van der Waals surface area contributed by atoms with E-state index in [1.165, 1.54) is 36.4 Å². The van der Waals surface area contributed by atoms with Gasteiger partial charge in [-0.2, -0.15) is 0 Å². The molecule has 7 heteroatoms. The summed E-state index contributed by atoms with van der Waals surface area (Å²) >= 11 is 5.61. The Morgan fingerprint density at radius 1 is 1.19 bits per heavy atom. The molecule has 0 spiro atoms. The van der Waals surface area contributed by atoms with Crippen molar-refractivity contribution in [2.24, 2.45) is 0 Å². The number of benzene rings is 2. The Bertz CT molecular complexity index is 806. The van der Waals surface area contributed by atoms with E-state index < -0.39 is 21.6 Å². The lowest BCUT2D eigenvalue weighted by atomic mass is 10.2. The number of halogens is 2. The van der Waals surface area contributed by atoms with Crippen molar-refractivity contribution in [3.05, 3.63) is 58.9 Å². The average Bonchev–Trinajstić information content (AvgIpc) is 2.37. The zero-order valence-electron chi connectivity index (χ0n) is 10.9. The standard InChI is InChI=1S/C14H11ClFNO3S/c1-21(19,20)11-4-2-3-10(8-11)17-14(18)12-6-5-9(15)7-13(12)16/h2-8H,1H3,(H,17,18). The highest BCUT2D eigenvalue weighted by molar-refractivity contribution is 7.90. The van der Waals surface area contributed by atoms with E-state index in [4.69, 9.17) is 11.6 Å². The molecule has 1 amide bonds. The Labute approximate surface area is 126 Å². The summed E-state index contributed by atoms with van der Waals surface area (Å²) in [6, 6.07) is 9.41. The van der Waals surface area contributed by atoms with Crippen molar-refractivity contribution in [1.29, 1.82) is 0 Å². The maximum absolute atomic E-state index is 13.6. The summed E-state index contributed by atoms with van der Waals surface area (Å²) in [6.45, 7) is 0. The molecule has 0 saturated heterocycles.